The summed E-state index contributed by atoms with van der Waals surface area (Å²) >= 11 is 0. The molecule has 0 radical (unpaired) electrons. The van der Waals surface area contributed by atoms with E-state index in [2.05, 4.69) is 0 Å². The molecule has 0 saturated heterocycles. The fourth-order valence-corrected chi connectivity index (χ4v) is 3.45. The van der Waals surface area contributed by atoms with E-state index in [9.17, 15) is 19.8 Å². The van der Waals surface area contributed by atoms with Crippen LogP contribution in [0.1, 0.15) is 44.1 Å². The van der Waals surface area contributed by atoms with Crippen LogP contribution in [0.2, 0.25) is 0 Å². The molecule has 3 aromatic rings. The van der Waals surface area contributed by atoms with E-state index in [1.54, 1.807) is 0 Å². The number of aliphatic carboxylic acids is 1. The summed E-state index contributed by atoms with van der Waals surface area (Å²) in [5.74, 6) is -1.14. The van der Waals surface area contributed by atoms with E-state index in [4.69, 9.17) is 9.52 Å². The van der Waals surface area contributed by atoms with Crippen molar-refractivity contribution in [1.82, 2.24) is 0 Å². The molecule has 0 atom stereocenters. The number of aromatic hydroxyl groups is 2. The molecule has 0 bridgehead atoms. The fraction of sp³-hybridized carbons (Fsp3) is 0.304. The summed E-state index contributed by atoms with van der Waals surface area (Å²) in [7, 11) is 0. The largest absolute Gasteiger partial charge is 0.504 e. The third-order valence-electron chi connectivity index (χ3n) is 4.96. The van der Waals surface area contributed by atoms with Crippen molar-refractivity contribution >= 4 is 16.9 Å². The quantitative estimate of drug-likeness (QED) is 0.353. The van der Waals surface area contributed by atoms with Crippen LogP contribution in [0.15, 0.2) is 51.7 Å². The summed E-state index contributed by atoms with van der Waals surface area (Å²) in [6, 6.07) is 12.1. The second kappa shape index (κ2) is 9.28. The molecule has 0 aliphatic rings. The highest BCUT2D eigenvalue weighted by molar-refractivity contribution is 5.88. The molecule has 0 fully saturated rings. The molecule has 3 N–H and O–H groups in total. The van der Waals surface area contributed by atoms with Gasteiger partial charge in [-0.15, -0.1) is 0 Å². The number of unbranched alkanes of at least 4 members (excludes halogenated alkanes) is 4. The zero-order valence-corrected chi connectivity index (χ0v) is 16.1. The summed E-state index contributed by atoms with van der Waals surface area (Å²) < 4.78 is 5.98. The average molecular weight is 396 g/mol. The van der Waals surface area contributed by atoms with Crippen molar-refractivity contribution in [2.24, 2.45) is 0 Å². The van der Waals surface area contributed by atoms with Gasteiger partial charge in [-0.1, -0.05) is 49.6 Å². The molecule has 0 spiro atoms. The first kappa shape index (κ1) is 20.5. The number of hydrogen-bond acceptors (Lipinski definition) is 5. The zero-order valence-electron chi connectivity index (χ0n) is 16.1. The Morgan fingerprint density at radius 2 is 1.59 bits per heavy atom. The minimum Gasteiger partial charge on any atom is -0.504 e. The Morgan fingerprint density at radius 3 is 2.31 bits per heavy atom. The van der Waals surface area contributed by atoms with Gasteiger partial charge in [0, 0.05) is 17.5 Å². The standard InChI is InChI=1S/C23H24O6/c24-17-13-14-18-20(22(17)28)21(27)16(11-7-2-1-3-8-12-19(25)26)23(29-18)15-9-5-4-6-10-15/h4-6,9-10,13-14,24,28H,1-3,7-8,11-12H2,(H,25,26). The molecular weight excluding hydrogens is 372 g/mol. The minimum absolute atomic E-state index is 0.0128. The van der Waals surface area contributed by atoms with Crippen molar-refractivity contribution in [3.63, 3.8) is 0 Å². The molecule has 6 heteroatoms. The Bertz CT molecular complexity index is 1050. The van der Waals surface area contributed by atoms with Crippen LogP contribution in [-0.2, 0) is 11.2 Å². The van der Waals surface area contributed by atoms with Crippen LogP contribution in [-0.4, -0.2) is 21.3 Å². The molecule has 29 heavy (non-hydrogen) atoms. The molecule has 3 rings (SSSR count). The molecule has 0 aliphatic carbocycles. The van der Waals surface area contributed by atoms with E-state index >= 15 is 0 Å². The van der Waals surface area contributed by atoms with E-state index in [1.807, 2.05) is 30.3 Å². The highest BCUT2D eigenvalue weighted by Crippen LogP contribution is 2.35. The predicted octanol–water partition coefficient (Wildman–Crippen LogP) is 4.84. The lowest BCUT2D eigenvalue weighted by molar-refractivity contribution is -0.137. The van der Waals surface area contributed by atoms with Crippen LogP contribution in [0.25, 0.3) is 22.3 Å². The number of hydrogen-bond donors (Lipinski definition) is 3. The number of fused-ring (bicyclic) bond motifs is 1. The first-order valence-corrected chi connectivity index (χ1v) is 9.77. The lowest BCUT2D eigenvalue weighted by Gasteiger charge is -2.11. The Morgan fingerprint density at radius 1 is 0.897 bits per heavy atom. The summed E-state index contributed by atoms with van der Waals surface area (Å²) in [5, 5.41) is 28.6. The molecule has 0 amide bonds. The van der Waals surface area contributed by atoms with E-state index in [0.717, 1.165) is 31.2 Å². The van der Waals surface area contributed by atoms with Gasteiger partial charge in [0.15, 0.2) is 16.9 Å². The van der Waals surface area contributed by atoms with Gasteiger partial charge in [-0.3, -0.25) is 9.59 Å². The van der Waals surface area contributed by atoms with Crippen LogP contribution >= 0.6 is 0 Å². The average Bonchev–Trinajstić information content (AvgIpc) is 2.71. The monoisotopic (exact) mass is 396 g/mol. The Balaban J connectivity index is 1.87. The van der Waals surface area contributed by atoms with Crippen LogP contribution in [0.3, 0.4) is 0 Å². The summed E-state index contributed by atoms with van der Waals surface area (Å²) in [6.45, 7) is 0. The first-order chi connectivity index (χ1) is 14.0. The molecule has 1 aromatic heterocycles. The van der Waals surface area contributed by atoms with Gasteiger partial charge >= 0.3 is 5.97 Å². The molecule has 2 aromatic carbocycles. The van der Waals surface area contributed by atoms with Crippen molar-refractivity contribution in [1.29, 1.82) is 0 Å². The van der Waals surface area contributed by atoms with Crippen molar-refractivity contribution in [3.8, 4) is 22.8 Å². The Hall–Kier alpha value is -3.28. The van der Waals surface area contributed by atoms with Gasteiger partial charge in [0.25, 0.3) is 0 Å². The molecule has 0 unspecified atom stereocenters. The second-order valence-corrected chi connectivity index (χ2v) is 7.07. The third kappa shape index (κ3) is 4.77. The lowest BCUT2D eigenvalue weighted by atomic mass is 9.98. The minimum atomic E-state index is -0.783. The molecule has 152 valence electrons. The second-order valence-electron chi connectivity index (χ2n) is 7.07. The summed E-state index contributed by atoms with van der Waals surface area (Å²) in [6.07, 6.45) is 4.61. The van der Waals surface area contributed by atoms with Crippen molar-refractivity contribution in [3.05, 3.63) is 58.3 Å². The maximum atomic E-state index is 13.1. The predicted molar refractivity (Wildman–Crippen MR) is 110 cm³/mol. The maximum Gasteiger partial charge on any atom is 0.303 e. The zero-order chi connectivity index (χ0) is 20.8. The fourth-order valence-electron chi connectivity index (χ4n) is 3.45. The van der Waals surface area contributed by atoms with Gasteiger partial charge in [0.2, 0.25) is 0 Å². The van der Waals surface area contributed by atoms with Gasteiger partial charge in [-0.05, 0) is 31.4 Å². The van der Waals surface area contributed by atoms with E-state index < -0.39 is 11.7 Å². The van der Waals surface area contributed by atoms with Crippen LogP contribution < -0.4 is 5.43 Å². The SMILES string of the molecule is O=C(O)CCCCCCCc1c(-c2ccccc2)oc2ccc(O)c(O)c2c1=O. The Kier molecular flexibility index (Phi) is 6.54. The van der Waals surface area contributed by atoms with Gasteiger partial charge < -0.3 is 19.7 Å². The number of rotatable bonds is 9. The van der Waals surface area contributed by atoms with Crippen molar-refractivity contribution in [2.45, 2.75) is 44.9 Å². The van der Waals surface area contributed by atoms with Gasteiger partial charge in [0.1, 0.15) is 16.7 Å². The number of carbonyl (C=O) groups is 1. The number of phenolic OH excluding ortho intramolecular Hbond substituents is 2. The van der Waals surface area contributed by atoms with Crippen molar-refractivity contribution < 1.29 is 24.5 Å². The van der Waals surface area contributed by atoms with Gasteiger partial charge in [-0.2, -0.15) is 0 Å². The molecule has 0 saturated carbocycles. The Labute approximate surface area is 168 Å². The topological polar surface area (TPSA) is 108 Å². The molecular formula is C23H24O6. The van der Waals surface area contributed by atoms with E-state index in [1.165, 1.54) is 12.1 Å². The maximum absolute atomic E-state index is 13.1. The van der Waals surface area contributed by atoms with Gasteiger partial charge in [-0.25, -0.2) is 0 Å². The summed E-state index contributed by atoms with van der Waals surface area (Å²) in [4.78, 5) is 23.7. The molecule has 6 nitrogen and oxygen atoms in total. The number of benzene rings is 2. The lowest BCUT2D eigenvalue weighted by Crippen LogP contribution is -2.11. The van der Waals surface area contributed by atoms with Crippen molar-refractivity contribution in [2.75, 3.05) is 0 Å². The summed E-state index contributed by atoms with van der Waals surface area (Å²) in [5.41, 5.74) is 1.12. The van der Waals surface area contributed by atoms with Crippen LogP contribution in [0.5, 0.6) is 11.5 Å². The van der Waals surface area contributed by atoms with Crippen LogP contribution in [0, 0.1) is 0 Å². The number of carboxylic acids is 1. The normalized spacial score (nSPS) is 11.0. The van der Waals surface area contributed by atoms with Gasteiger partial charge in [0.05, 0.1) is 0 Å². The van der Waals surface area contributed by atoms with E-state index in [0.29, 0.717) is 24.2 Å². The highest BCUT2D eigenvalue weighted by Gasteiger charge is 2.19. The number of carboxylic acid groups (broad SMARTS) is 1. The molecule has 0 aliphatic heterocycles. The first-order valence-electron chi connectivity index (χ1n) is 9.77. The molecule has 1 heterocycles. The smallest absolute Gasteiger partial charge is 0.303 e. The number of phenols is 2. The van der Waals surface area contributed by atoms with E-state index in [-0.39, 0.29) is 28.6 Å². The highest BCUT2D eigenvalue weighted by atomic mass is 16.4. The third-order valence-corrected chi connectivity index (χ3v) is 4.96. The van der Waals surface area contributed by atoms with Crippen LogP contribution in [0.4, 0.5) is 0 Å².